The number of nitrogens with zero attached hydrogens (tertiary/aromatic N) is 1. The van der Waals surface area contributed by atoms with Crippen LogP contribution in [0.2, 0.25) is 0 Å². The molecule has 1 saturated carbocycles. The van der Waals surface area contributed by atoms with Crippen LogP contribution in [-0.4, -0.2) is 5.11 Å². The molecule has 0 heterocycles. The summed E-state index contributed by atoms with van der Waals surface area (Å²) in [6.45, 7) is 0. The van der Waals surface area contributed by atoms with E-state index < -0.39 is 0 Å². The molecule has 2 aromatic rings. The van der Waals surface area contributed by atoms with E-state index in [1.54, 1.807) is 0 Å². The Labute approximate surface area is 224 Å². The third-order valence-electron chi connectivity index (χ3n) is 9.95. The average Bonchev–Trinajstić information content (AvgIpc) is 3.15. The highest BCUT2D eigenvalue weighted by atomic mass is 16.3. The van der Waals surface area contributed by atoms with E-state index in [0.717, 1.165) is 36.8 Å². The molecule has 0 aromatic heterocycles. The van der Waals surface area contributed by atoms with Gasteiger partial charge >= 0.3 is 0 Å². The number of hydrogen-bond acceptors (Lipinski definition) is 3. The maximum Gasteiger partial charge on any atom is 0.119 e. The Morgan fingerprint density at radius 1 is 0.684 bits per heavy atom. The Morgan fingerprint density at radius 2 is 1.29 bits per heavy atom. The van der Waals surface area contributed by atoms with Gasteiger partial charge in [-0.15, -0.1) is 4.91 Å². The van der Waals surface area contributed by atoms with Gasteiger partial charge in [0.05, 0.1) is 0 Å². The molecule has 0 amide bonds. The molecule has 5 aliphatic carbocycles. The Morgan fingerprint density at radius 3 is 1.97 bits per heavy atom. The smallest absolute Gasteiger partial charge is 0.119 e. The second kappa shape index (κ2) is 9.54. The van der Waals surface area contributed by atoms with Gasteiger partial charge in [0.2, 0.25) is 0 Å². The number of fused-ring (bicyclic) bond motifs is 6. The number of hydrogen-bond donors (Lipinski definition) is 1. The zero-order valence-corrected chi connectivity index (χ0v) is 21.5. The van der Waals surface area contributed by atoms with Gasteiger partial charge in [0.25, 0.3) is 0 Å². The molecule has 0 bridgehead atoms. The largest absolute Gasteiger partial charge is 0.508 e. The molecule has 38 heavy (non-hydrogen) atoms. The quantitative estimate of drug-likeness (QED) is 0.429. The van der Waals surface area contributed by atoms with Crippen LogP contribution < -0.4 is 0 Å². The van der Waals surface area contributed by atoms with Crippen LogP contribution in [0.4, 0.5) is 0 Å². The topological polar surface area (TPSA) is 49.7 Å². The van der Waals surface area contributed by atoms with E-state index in [1.807, 2.05) is 24.3 Å². The van der Waals surface area contributed by atoms with E-state index in [2.05, 4.69) is 84.1 Å². The molecule has 0 radical (unpaired) electrons. The first-order valence-corrected chi connectivity index (χ1v) is 14.1. The normalized spacial score (nSPS) is 33.2. The minimum absolute atomic E-state index is 0.250. The fourth-order valence-corrected chi connectivity index (χ4v) is 8.33. The Balaban J connectivity index is 1.31. The summed E-state index contributed by atoms with van der Waals surface area (Å²) in [5.41, 5.74) is 6.77. The van der Waals surface area contributed by atoms with Crippen LogP contribution in [0, 0.1) is 40.4 Å². The predicted octanol–water partition coefficient (Wildman–Crippen LogP) is 8.82. The molecule has 2 aromatic carbocycles. The predicted molar refractivity (Wildman–Crippen MR) is 153 cm³/mol. The summed E-state index contributed by atoms with van der Waals surface area (Å²) in [5.74, 6) is 3.35. The first-order chi connectivity index (χ1) is 18.7. The summed E-state index contributed by atoms with van der Waals surface area (Å²) in [6, 6.07) is 19.9. The van der Waals surface area contributed by atoms with Gasteiger partial charge in [-0.25, -0.2) is 0 Å². The van der Waals surface area contributed by atoms with Gasteiger partial charge < -0.3 is 5.11 Å². The Bertz CT molecular complexity index is 1420. The summed E-state index contributed by atoms with van der Waals surface area (Å²) in [6.07, 6.45) is 21.3. The molecule has 7 atom stereocenters. The van der Waals surface area contributed by atoms with Gasteiger partial charge in [-0.1, -0.05) is 91.1 Å². The number of rotatable bonds is 3. The van der Waals surface area contributed by atoms with E-state index in [1.165, 1.54) is 16.7 Å². The van der Waals surface area contributed by atoms with E-state index in [9.17, 15) is 10.0 Å². The summed E-state index contributed by atoms with van der Waals surface area (Å²) >= 11 is 0. The van der Waals surface area contributed by atoms with Gasteiger partial charge in [-0.3, -0.25) is 0 Å². The molecule has 5 aliphatic rings. The lowest BCUT2D eigenvalue weighted by Crippen LogP contribution is -2.36. The summed E-state index contributed by atoms with van der Waals surface area (Å²) < 4.78 is 0. The fourth-order valence-electron chi connectivity index (χ4n) is 8.33. The number of allylic oxidation sites excluding steroid dienone is 10. The van der Waals surface area contributed by atoms with Crippen LogP contribution in [0.25, 0.3) is 11.1 Å². The molecule has 7 rings (SSSR count). The second-order valence-electron chi connectivity index (χ2n) is 11.6. The van der Waals surface area contributed by atoms with Crippen LogP contribution in [0.5, 0.6) is 0 Å². The lowest BCUT2D eigenvalue weighted by Gasteiger charge is -2.45. The molecule has 3 heteroatoms. The number of benzene rings is 2. The third-order valence-corrected chi connectivity index (χ3v) is 9.95. The van der Waals surface area contributed by atoms with E-state index >= 15 is 0 Å². The molecule has 3 nitrogen and oxygen atoms in total. The van der Waals surface area contributed by atoms with Crippen molar-refractivity contribution < 1.29 is 5.11 Å². The van der Waals surface area contributed by atoms with Crippen molar-refractivity contribution >= 4 is 0 Å². The summed E-state index contributed by atoms with van der Waals surface area (Å²) in [4.78, 5) is 11.6. The zero-order chi connectivity index (χ0) is 25.6. The second-order valence-corrected chi connectivity index (χ2v) is 11.6. The van der Waals surface area contributed by atoms with Gasteiger partial charge in [0.15, 0.2) is 0 Å². The van der Waals surface area contributed by atoms with E-state index in [-0.39, 0.29) is 11.8 Å². The van der Waals surface area contributed by atoms with Crippen molar-refractivity contribution in [3.8, 4) is 11.1 Å². The molecule has 5 unspecified atom stereocenters. The average molecular weight is 500 g/mol. The first-order valence-electron chi connectivity index (χ1n) is 14.1. The van der Waals surface area contributed by atoms with Crippen molar-refractivity contribution in [2.24, 2.45) is 40.7 Å². The highest BCUT2D eigenvalue weighted by Crippen LogP contribution is 2.58. The van der Waals surface area contributed by atoms with Crippen molar-refractivity contribution in [3.05, 3.63) is 136 Å². The lowest BCUT2D eigenvalue weighted by atomic mass is 9.59. The zero-order valence-electron chi connectivity index (χ0n) is 21.5. The number of aliphatic hydroxyl groups is 1. The van der Waals surface area contributed by atoms with Crippen LogP contribution in [-0.2, 0) is 0 Å². The molecular formula is C35H33NO2. The van der Waals surface area contributed by atoms with Crippen molar-refractivity contribution in [2.45, 2.75) is 31.6 Å². The van der Waals surface area contributed by atoms with E-state index in [4.69, 9.17) is 0 Å². The van der Waals surface area contributed by atoms with Crippen molar-refractivity contribution in [3.63, 3.8) is 0 Å². The van der Waals surface area contributed by atoms with Crippen LogP contribution in [0.15, 0.2) is 131 Å². The fraction of sp³-hybridized carbons (Fsp3) is 0.314. The van der Waals surface area contributed by atoms with Crippen LogP contribution in [0.3, 0.4) is 0 Å². The minimum Gasteiger partial charge on any atom is -0.508 e. The molecule has 0 aliphatic heterocycles. The molecule has 1 N–H and O–H groups in total. The number of nitroso groups, excluding NO2 is 1. The lowest BCUT2D eigenvalue weighted by molar-refractivity contribution is 0.173. The van der Waals surface area contributed by atoms with Gasteiger partial charge in [0.1, 0.15) is 11.5 Å². The molecule has 190 valence electrons. The van der Waals surface area contributed by atoms with Crippen LogP contribution in [0.1, 0.15) is 37.2 Å². The molecule has 0 spiro atoms. The summed E-state index contributed by atoms with van der Waals surface area (Å²) in [7, 11) is 0. The maximum atomic E-state index is 11.6. The Hall–Kier alpha value is -3.72. The standard InChI is InChI=1S/C35H33NO2/c37-34-11-5-9-26-28-17-16-27-25-8-4-10-33(36-38)29(25)18-20-31(27)35(32(28)21-19-30(26)34)24-14-12-23(13-15-24)22-6-2-1-3-7-22/h1-15,18-19,25-28,31-32,35,37H,16-17,20-21H2/t25-,26?,27?,28?,31?,32+,35?/m0/s1. The van der Waals surface area contributed by atoms with E-state index in [0.29, 0.717) is 41.0 Å². The highest BCUT2D eigenvalue weighted by molar-refractivity contribution is 5.63. The SMILES string of the molecule is O=NC1=CC=C[C@@H]2C1=CCC1C(c3ccc(-c4ccccc4)cc3)[C@@H]3CC=C4C(O)=CC=CC4C3CCC12. The Kier molecular flexibility index (Phi) is 5.88. The van der Waals surface area contributed by atoms with Gasteiger partial charge in [-0.2, -0.15) is 0 Å². The molecular weight excluding hydrogens is 466 g/mol. The van der Waals surface area contributed by atoms with Gasteiger partial charge in [0, 0.05) is 11.8 Å². The van der Waals surface area contributed by atoms with Crippen molar-refractivity contribution in [1.82, 2.24) is 0 Å². The maximum absolute atomic E-state index is 11.6. The monoisotopic (exact) mass is 499 g/mol. The molecule has 0 saturated heterocycles. The summed E-state index contributed by atoms with van der Waals surface area (Å²) in [5, 5.41) is 14.1. The highest BCUT2D eigenvalue weighted by Gasteiger charge is 2.49. The third kappa shape index (κ3) is 3.79. The minimum atomic E-state index is 0.250. The first kappa shape index (κ1) is 23.4. The number of aliphatic hydroxyl groups excluding tert-OH is 1. The molecule has 1 fully saturated rings. The van der Waals surface area contributed by atoms with Crippen molar-refractivity contribution in [1.29, 1.82) is 0 Å². The van der Waals surface area contributed by atoms with Crippen LogP contribution >= 0.6 is 0 Å². The van der Waals surface area contributed by atoms with Crippen molar-refractivity contribution in [2.75, 3.05) is 0 Å². The van der Waals surface area contributed by atoms with Gasteiger partial charge in [-0.05, 0) is 100 Å².